The topological polar surface area (TPSA) is 64.4 Å². The number of ether oxygens (including phenoxy) is 1. The Kier molecular flexibility index (Phi) is 4.72. The first-order valence-electron chi connectivity index (χ1n) is 6.22. The van der Waals surface area contributed by atoms with E-state index in [4.69, 9.17) is 10.5 Å². The van der Waals surface area contributed by atoms with Crippen LogP contribution in [-0.4, -0.2) is 25.7 Å². The third-order valence-electron chi connectivity index (χ3n) is 3.58. The monoisotopic (exact) mass is 348 g/mol. The van der Waals surface area contributed by atoms with Crippen molar-refractivity contribution in [3.8, 4) is 0 Å². The molecule has 0 atom stereocenters. The summed E-state index contributed by atoms with van der Waals surface area (Å²) in [5.41, 5.74) is 4.88. The molecule has 7 heteroatoms. The van der Waals surface area contributed by atoms with Gasteiger partial charge in [0.1, 0.15) is 11.6 Å². The van der Waals surface area contributed by atoms with Crippen LogP contribution in [0.5, 0.6) is 0 Å². The average molecular weight is 349 g/mol. The van der Waals surface area contributed by atoms with Gasteiger partial charge in [-0.15, -0.1) is 0 Å². The van der Waals surface area contributed by atoms with Crippen molar-refractivity contribution in [2.75, 3.05) is 25.1 Å². The van der Waals surface area contributed by atoms with Gasteiger partial charge in [-0.1, -0.05) is 0 Å². The molecule has 0 aliphatic carbocycles. The van der Waals surface area contributed by atoms with Gasteiger partial charge in [0.05, 0.1) is 15.6 Å². The molecule has 1 aromatic carbocycles. The molecule has 0 saturated carbocycles. The van der Waals surface area contributed by atoms with E-state index >= 15 is 0 Å². The quantitative estimate of drug-likeness (QED) is 0.824. The van der Waals surface area contributed by atoms with Crippen LogP contribution >= 0.6 is 15.9 Å². The molecular weight excluding hydrogens is 334 g/mol. The fraction of sp³-hybridized carbons (Fsp3) is 0.462. The van der Waals surface area contributed by atoms with Crippen molar-refractivity contribution >= 4 is 27.5 Å². The Hall–Kier alpha value is -1.05. The Bertz CT molecular complexity index is 519. The highest BCUT2D eigenvalue weighted by Crippen LogP contribution is 2.32. The Balaban J connectivity index is 2.20. The van der Waals surface area contributed by atoms with Crippen LogP contribution in [0.2, 0.25) is 0 Å². The molecule has 1 aromatic rings. The highest BCUT2D eigenvalue weighted by Gasteiger charge is 2.39. The lowest BCUT2D eigenvalue weighted by Gasteiger charge is -2.34. The number of nitrogens with two attached hydrogens (primary N) is 1. The summed E-state index contributed by atoms with van der Waals surface area (Å²) < 4.78 is 32.1. The van der Waals surface area contributed by atoms with Crippen molar-refractivity contribution in [1.82, 2.24) is 0 Å². The fourth-order valence-electron chi connectivity index (χ4n) is 2.16. The third-order valence-corrected chi connectivity index (χ3v) is 4.19. The molecule has 110 valence electrons. The van der Waals surface area contributed by atoms with Gasteiger partial charge < -0.3 is 15.8 Å². The summed E-state index contributed by atoms with van der Waals surface area (Å²) in [7, 11) is 0. The molecule has 1 fully saturated rings. The van der Waals surface area contributed by atoms with Gasteiger partial charge in [-0.05, 0) is 34.8 Å². The number of rotatable bonds is 3. The van der Waals surface area contributed by atoms with Gasteiger partial charge in [0, 0.05) is 25.8 Å². The van der Waals surface area contributed by atoms with Crippen LogP contribution in [0.3, 0.4) is 0 Å². The van der Waals surface area contributed by atoms with E-state index in [0.29, 0.717) is 26.1 Å². The molecule has 20 heavy (non-hydrogen) atoms. The fourth-order valence-corrected chi connectivity index (χ4v) is 2.50. The first-order chi connectivity index (χ1) is 9.48. The molecule has 4 nitrogen and oxygen atoms in total. The smallest absolute Gasteiger partial charge is 0.232 e. The van der Waals surface area contributed by atoms with Gasteiger partial charge in [0.25, 0.3) is 0 Å². The summed E-state index contributed by atoms with van der Waals surface area (Å²) in [6.45, 7) is 1.05. The summed E-state index contributed by atoms with van der Waals surface area (Å²) in [5.74, 6) is -1.90. The van der Waals surface area contributed by atoms with Gasteiger partial charge in [-0.25, -0.2) is 8.78 Å². The van der Waals surface area contributed by atoms with Crippen LogP contribution < -0.4 is 11.1 Å². The summed E-state index contributed by atoms with van der Waals surface area (Å²) in [5, 5.41) is 2.49. The Morgan fingerprint density at radius 2 is 2.00 bits per heavy atom. The molecule has 0 spiro atoms. The molecule has 0 bridgehead atoms. The SMILES string of the molecule is NCC1(C(=O)Nc2cc(Br)c(F)cc2F)CCOCC1. The zero-order valence-electron chi connectivity index (χ0n) is 10.7. The van der Waals surface area contributed by atoms with Gasteiger partial charge in [0.2, 0.25) is 5.91 Å². The first kappa shape index (κ1) is 15.3. The molecule has 2 rings (SSSR count). The maximum absolute atomic E-state index is 13.7. The Labute approximate surface area is 123 Å². The zero-order valence-corrected chi connectivity index (χ0v) is 12.3. The predicted octanol–water partition coefficient (Wildman–Crippen LogP) is 2.42. The number of hydrogen-bond acceptors (Lipinski definition) is 3. The highest BCUT2D eigenvalue weighted by atomic mass is 79.9. The van der Waals surface area contributed by atoms with E-state index in [1.165, 1.54) is 6.07 Å². The van der Waals surface area contributed by atoms with E-state index in [-0.39, 0.29) is 22.6 Å². The van der Waals surface area contributed by atoms with Crippen LogP contribution in [0.25, 0.3) is 0 Å². The lowest BCUT2D eigenvalue weighted by Crippen LogP contribution is -2.46. The second kappa shape index (κ2) is 6.15. The van der Waals surface area contributed by atoms with E-state index < -0.39 is 17.0 Å². The molecule has 1 saturated heterocycles. The normalized spacial score (nSPS) is 17.8. The zero-order chi connectivity index (χ0) is 14.8. The summed E-state index contributed by atoms with van der Waals surface area (Å²) in [6.07, 6.45) is 0.971. The van der Waals surface area contributed by atoms with E-state index in [2.05, 4.69) is 21.2 Å². The predicted molar refractivity (Wildman–Crippen MR) is 74.2 cm³/mol. The van der Waals surface area contributed by atoms with Crippen LogP contribution in [0, 0.1) is 17.0 Å². The van der Waals surface area contributed by atoms with Gasteiger partial charge >= 0.3 is 0 Å². The van der Waals surface area contributed by atoms with Crippen molar-refractivity contribution < 1.29 is 18.3 Å². The van der Waals surface area contributed by atoms with Gasteiger partial charge in [-0.2, -0.15) is 0 Å². The number of carbonyl (C=O) groups excluding carboxylic acids is 1. The van der Waals surface area contributed by atoms with E-state index in [0.717, 1.165) is 6.07 Å². The maximum atomic E-state index is 13.7. The molecule has 0 radical (unpaired) electrons. The highest BCUT2D eigenvalue weighted by molar-refractivity contribution is 9.10. The van der Waals surface area contributed by atoms with E-state index in [9.17, 15) is 13.6 Å². The molecule has 3 N–H and O–H groups in total. The minimum atomic E-state index is -0.821. The number of hydrogen-bond donors (Lipinski definition) is 2. The summed E-state index contributed by atoms with van der Waals surface area (Å²) in [6, 6.07) is 1.92. The molecule has 1 amide bonds. The molecule has 0 aromatic heterocycles. The molecule has 1 aliphatic heterocycles. The number of halogens is 3. The Morgan fingerprint density at radius 3 is 2.60 bits per heavy atom. The van der Waals surface area contributed by atoms with Crippen molar-refractivity contribution in [2.24, 2.45) is 11.1 Å². The Morgan fingerprint density at radius 1 is 1.35 bits per heavy atom. The van der Waals surface area contributed by atoms with Gasteiger partial charge in [0.15, 0.2) is 0 Å². The number of amides is 1. The molecular formula is C13H15BrF2N2O2. The van der Waals surface area contributed by atoms with Crippen molar-refractivity contribution in [1.29, 1.82) is 0 Å². The summed E-state index contributed by atoms with van der Waals surface area (Å²) in [4.78, 5) is 12.3. The number of carbonyl (C=O) groups is 1. The average Bonchev–Trinajstić information content (AvgIpc) is 2.45. The minimum absolute atomic E-state index is 0.0670. The third kappa shape index (κ3) is 2.99. The lowest BCUT2D eigenvalue weighted by atomic mass is 9.79. The molecule has 1 heterocycles. The second-order valence-corrected chi connectivity index (χ2v) is 5.65. The van der Waals surface area contributed by atoms with Crippen molar-refractivity contribution in [3.63, 3.8) is 0 Å². The van der Waals surface area contributed by atoms with Crippen LogP contribution in [0.1, 0.15) is 12.8 Å². The first-order valence-corrected chi connectivity index (χ1v) is 7.02. The van der Waals surface area contributed by atoms with Crippen molar-refractivity contribution in [2.45, 2.75) is 12.8 Å². The molecule has 0 unspecified atom stereocenters. The lowest BCUT2D eigenvalue weighted by molar-refractivity contribution is -0.130. The largest absolute Gasteiger partial charge is 0.381 e. The summed E-state index contributed by atoms with van der Waals surface area (Å²) >= 11 is 2.96. The maximum Gasteiger partial charge on any atom is 0.232 e. The van der Waals surface area contributed by atoms with E-state index in [1.807, 2.05) is 0 Å². The number of anilines is 1. The standard InChI is InChI=1S/C13H15BrF2N2O2/c14-8-5-11(10(16)6-9(8)15)18-12(19)13(7-17)1-3-20-4-2-13/h5-6H,1-4,7,17H2,(H,18,19). The number of benzene rings is 1. The minimum Gasteiger partial charge on any atom is -0.381 e. The van der Waals surface area contributed by atoms with Crippen molar-refractivity contribution in [3.05, 3.63) is 28.2 Å². The number of nitrogens with one attached hydrogen (secondary N) is 1. The second-order valence-electron chi connectivity index (χ2n) is 4.80. The van der Waals surface area contributed by atoms with Crippen LogP contribution in [0.4, 0.5) is 14.5 Å². The van der Waals surface area contributed by atoms with E-state index in [1.54, 1.807) is 0 Å². The van der Waals surface area contributed by atoms with Crippen LogP contribution in [-0.2, 0) is 9.53 Å². The van der Waals surface area contributed by atoms with Gasteiger partial charge in [-0.3, -0.25) is 4.79 Å². The molecule has 1 aliphatic rings. The van der Waals surface area contributed by atoms with Crippen LogP contribution in [0.15, 0.2) is 16.6 Å².